The van der Waals surface area contributed by atoms with Crippen molar-refractivity contribution in [3.05, 3.63) is 141 Å². The van der Waals surface area contributed by atoms with Gasteiger partial charge in [0.05, 0.1) is 22.6 Å². The van der Waals surface area contributed by atoms with Gasteiger partial charge in [-0.15, -0.1) is 0 Å². The van der Waals surface area contributed by atoms with E-state index < -0.39 is 6.04 Å². The highest BCUT2D eigenvalue weighted by Gasteiger charge is 2.28. The second-order valence-corrected chi connectivity index (χ2v) is 9.50. The van der Waals surface area contributed by atoms with Gasteiger partial charge in [-0.25, -0.2) is 4.98 Å². The summed E-state index contributed by atoms with van der Waals surface area (Å²) in [7, 11) is 0. The standard InChI is InChI=1S/C31H26ClN3O2/c1-21-15-17-24(18-16-21)30(36)34(20-23-9-4-3-5-10-23)22(2)29-33-28-14-7-6-13-27(28)31(37)35(29)26-12-8-11-25(32)19-26/h3-19,22H,20H2,1-2H3. The van der Waals surface area contributed by atoms with Gasteiger partial charge in [0.15, 0.2) is 0 Å². The normalized spacial score (nSPS) is 11.9. The van der Waals surface area contributed by atoms with Crippen LogP contribution in [0, 0.1) is 6.92 Å². The van der Waals surface area contributed by atoms with Gasteiger partial charge in [-0.2, -0.15) is 0 Å². The highest BCUT2D eigenvalue weighted by atomic mass is 35.5. The predicted molar refractivity (Wildman–Crippen MR) is 148 cm³/mol. The molecule has 1 aromatic heterocycles. The molecule has 0 saturated carbocycles. The van der Waals surface area contributed by atoms with Crippen LogP contribution in [-0.4, -0.2) is 20.4 Å². The van der Waals surface area contributed by atoms with Crippen molar-refractivity contribution < 1.29 is 4.79 Å². The van der Waals surface area contributed by atoms with Crippen molar-refractivity contribution in [3.63, 3.8) is 0 Å². The lowest BCUT2D eigenvalue weighted by atomic mass is 10.1. The van der Waals surface area contributed by atoms with E-state index in [0.717, 1.165) is 11.1 Å². The zero-order chi connectivity index (χ0) is 25.9. The van der Waals surface area contributed by atoms with Crippen LogP contribution in [0.3, 0.4) is 0 Å². The third-order valence-corrected chi connectivity index (χ3v) is 6.70. The summed E-state index contributed by atoms with van der Waals surface area (Å²) in [6, 6.07) is 31.2. The van der Waals surface area contributed by atoms with Gasteiger partial charge in [0, 0.05) is 17.1 Å². The van der Waals surface area contributed by atoms with Crippen molar-refractivity contribution in [3.8, 4) is 5.69 Å². The number of amides is 1. The largest absolute Gasteiger partial charge is 0.324 e. The fourth-order valence-electron chi connectivity index (χ4n) is 4.46. The summed E-state index contributed by atoms with van der Waals surface area (Å²) in [4.78, 5) is 34.4. The van der Waals surface area contributed by atoms with Gasteiger partial charge in [0.1, 0.15) is 5.82 Å². The molecule has 0 radical (unpaired) electrons. The van der Waals surface area contributed by atoms with E-state index in [1.807, 2.05) is 92.7 Å². The number of carbonyl (C=O) groups excluding carboxylic acids is 1. The van der Waals surface area contributed by atoms with E-state index in [2.05, 4.69) is 0 Å². The molecule has 0 aliphatic heterocycles. The lowest BCUT2D eigenvalue weighted by Crippen LogP contribution is -2.37. The van der Waals surface area contributed by atoms with Gasteiger partial charge in [0.2, 0.25) is 0 Å². The molecule has 1 heterocycles. The van der Waals surface area contributed by atoms with E-state index in [1.165, 1.54) is 0 Å². The highest BCUT2D eigenvalue weighted by molar-refractivity contribution is 6.30. The third-order valence-electron chi connectivity index (χ3n) is 6.46. The topological polar surface area (TPSA) is 55.2 Å². The molecule has 6 heteroatoms. The molecule has 184 valence electrons. The van der Waals surface area contributed by atoms with Crippen LogP contribution in [0.25, 0.3) is 16.6 Å². The first-order valence-electron chi connectivity index (χ1n) is 12.1. The Hall–Kier alpha value is -4.22. The number of halogens is 1. The van der Waals surface area contributed by atoms with Crippen LogP contribution in [0.2, 0.25) is 5.02 Å². The Morgan fingerprint density at radius 3 is 2.35 bits per heavy atom. The Kier molecular flexibility index (Phi) is 6.89. The van der Waals surface area contributed by atoms with Gasteiger partial charge < -0.3 is 4.90 Å². The molecule has 0 saturated heterocycles. The minimum atomic E-state index is -0.537. The maximum atomic E-state index is 13.9. The van der Waals surface area contributed by atoms with Crippen molar-refractivity contribution in [2.75, 3.05) is 0 Å². The van der Waals surface area contributed by atoms with Gasteiger partial charge in [-0.05, 0) is 61.9 Å². The van der Waals surface area contributed by atoms with Crippen LogP contribution in [0.15, 0.2) is 108 Å². The number of fused-ring (bicyclic) bond motifs is 1. The second kappa shape index (κ2) is 10.4. The summed E-state index contributed by atoms with van der Waals surface area (Å²) >= 11 is 6.31. The molecular formula is C31H26ClN3O2. The third kappa shape index (κ3) is 5.04. The number of carbonyl (C=O) groups is 1. The van der Waals surface area contributed by atoms with Gasteiger partial charge in [-0.1, -0.05) is 77.8 Å². The van der Waals surface area contributed by atoms with Crippen molar-refractivity contribution in [1.29, 1.82) is 0 Å². The average molecular weight is 508 g/mol. The summed E-state index contributed by atoms with van der Waals surface area (Å²) in [5, 5.41) is 1.01. The van der Waals surface area contributed by atoms with Crippen LogP contribution < -0.4 is 5.56 Å². The molecule has 1 amide bonds. The molecule has 0 N–H and O–H groups in total. The molecule has 4 aromatic carbocycles. The molecule has 5 aromatic rings. The number of hydrogen-bond donors (Lipinski definition) is 0. The van der Waals surface area contributed by atoms with E-state index >= 15 is 0 Å². The van der Waals surface area contributed by atoms with Crippen molar-refractivity contribution in [1.82, 2.24) is 14.5 Å². The molecule has 1 unspecified atom stereocenters. The number of hydrogen-bond acceptors (Lipinski definition) is 3. The second-order valence-electron chi connectivity index (χ2n) is 9.07. The Balaban J connectivity index is 1.70. The molecule has 0 spiro atoms. The number of aryl methyl sites for hydroxylation is 1. The Labute approximate surface area is 220 Å². The molecule has 0 aliphatic carbocycles. The lowest BCUT2D eigenvalue weighted by Gasteiger charge is -2.31. The van der Waals surface area contributed by atoms with E-state index in [-0.39, 0.29) is 11.5 Å². The summed E-state index contributed by atoms with van der Waals surface area (Å²) in [6.07, 6.45) is 0. The number of nitrogens with zero attached hydrogens (tertiary/aromatic N) is 3. The first-order chi connectivity index (χ1) is 17.9. The fourth-order valence-corrected chi connectivity index (χ4v) is 4.65. The van der Waals surface area contributed by atoms with Crippen LogP contribution in [0.5, 0.6) is 0 Å². The molecular weight excluding hydrogens is 482 g/mol. The van der Waals surface area contributed by atoms with Gasteiger partial charge in [0.25, 0.3) is 11.5 Å². The Bertz CT molecular complexity index is 1630. The van der Waals surface area contributed by atoms with Gasteiger partial charge >= 0.3 is 0 Å². The number of aromatic nitrogens is 2. The minimum Gasteiger partial charge on any atom is -0.324 e. The SMILES string of the molecule is Cc1ccc(C(=O)N(Cc2ccccc2)C(C)c2nc3ccccc3c(=O)n2-c2cccc(Cl)c2)cc1. The molecule has 1 atom stereocenters. The van der Waals surface area contributed by atoms with Crippen LogP contribution in [0.1, 0.15) is 40.3 Å². The van der Waals surface area contributed by atoms with Crippen LogP contribution in [0.4, 0.5) is 0 Å². The van der Waals surface area contributed by atoms with Gasteiger partial charge in [-0.3, -0.25) is 14.2 Å². The molecule has 0 fully saturated rings. The molecule has 5 nitrogen and oxygen atoms in total. The van der Waals surface area contributed by atoms with Crippen molar-refractivity contribution in [2.24, 2.45) is 0 Å². The Morgan fingerprint density at radius 1 is 0.919 bits per heavy atom. The summed E-state index contributed by atoms with van der Waals surface area (Å²) < 4.78 is 1.57. The van der Waals surface area contributed by atoms with Crippen molar-refractivity contribution >= 4 is 28.4 Å². The zero-order valence-corrected chi connectivity index (χ0v) is 21.4. The predicted octanol–water partition coefficient (Wildman–Crippen LogP) is 6.75. The van der Waals surface area contributed by atoms with E-state index in [9.17, 15) is 9.59 Å². The molecule has 0 aliphatic rings. The first-order valence-corrected chi connectivity index (χ1v) is 12.5. The summed E-state index contributed by atoms with van der Waals surface area (Å²) in [5.41, 5.74) is 3.59. The van der Waals surface area contributed by atoms with Crippen molar-refractivity contribution in [2.45, 2.75) is 26.4 Å². The molecule has 37 heavy (non-hydrogen) atoms. The first kappa shape index (κ1) is 24.5. The zero-order valence-electron chi connectivity index (χ0n) is 20.6. The monoisotopic (exact) mass is 507 g/mol. The van der Waals surface area contributed by atoms with E-state index in [0.29, 0.717) is 39.5 Å². The number of benzene rings is 4. The maximum absolute atomic E-state index is 13.9. The number of rotatable bonds is 6. The fraction of sp³-hybridized carbons (Fsp3) is 0.129. The lowest BCUT2D eigenvalue weighted by molar-refractivity contribution is 0.0664. The average Bonchev–Trinajstić information content (AvgIpc) is 2.92. The minimum absolute atomic E-state index is 0.142. The van der Waals surface area contributed by atoms with Crippen LogP contribution >= 0.6 is 11.6 Å². The smallest absolute Gasteiger partial charge is 0.266 e. The number of para-hydroxylation sites is 1. The summed E-state index contributed by atoms with van der Waals surface area (Å²) in [5.74, 6) is 0.318. The summed E-state index contributed by atoms with van der Waals surface area (Å²) in [6.45, 7) is 4.25. The molecule has 5 rings (SSSR count). The quantitative estimate of drug-likeness (QED) is 0.255. The highest BCUT2D eigenvalue weighted by Crippen LogP contribution is 2.27. The van der Waals surface area contributed by atoms with Crippen LogP contribution in [-0.2, 0) is 6.54 Å². The maximum Gasteiger partial charge on any atom is 0.266 e. The Morgan fingerprint density at radius 2 is 1.62 bits per heavy atom. The van der Waals surface area contributed by atoms with E-state index in [4.69, 9.17) is 16.6 Å². The van der Waals surface area contributed by atoms with E-state index in [1.54, 1.807) is 33.7 Å². The molecule has 0 bridgehead atoms.